The van der Waals surface area contributed by atoms with E-state index in [9.17, 15) is 0 Å². The van der Waals surface area contributed by atoms with Crippen molar-refractivity contribution >= 4 is 5.69 Å². The predicted molar refractivity (Wildman–Crippen MR) is 72.9 cm³/mol. The Morgan fingerprint density at radius 2 is 2.20 bits per heavy atom. The van der Waals surface area contributed by atoms with Gasteiger partial charge in [-0.05, 0) is 31.2 Å². The molecule has 7 heteroatoms. The fourth-order valence-corrected chi connectivity index (χ4v) is 2.00. The Bertz CT molecular complexity index is 684. The molecule has 2 N–H and O–H groups in total. The summed E-state index contributed by atoms with van der Waals surface area (Å²) in [5, 5.41) is 21.2. The van der Waals surface area contributed by atoms with E-state index < -0.39 is 0 Å². The lowest BCUT2D eigenvalue weighted by Gasteiger charge is -2.06. The second kappa shape index (κ2) is 5.12. The Labute approximate surface area is 115 Å². The molecule has 20 heavy (non-hydrogen) atoms. The van der Waals surface area contributed by atoms with Crippen molar-refractivity contribution in [2.45, 2.75) is 20.4 Å². The molecule has 0 amide bonds. The summed E-state index contributed by atoms with van der Waals surface area (Å²) in [5.74, 6) is 1.41. The lowest BCUT2D eigenvalue weighted by Crippen LogP contribution is -2.01. The Balaban J connectivity index is 1.77. The van der Waals surface area contributed by atoms with Crippen molar-refractivity contribution in [2.75, 3.05) is 5.32 Å². The maximum Gasteiger partial charge on any atom is 0.204 e. The van der Waals surface area contributed by atoms with Crippen LogP contribution < -0.4 is 5.32 Å². The van der Waals surface area contributed by atoms with Gasteiger partial charge in [-0.25, -0.2) is 0 Å². The molecule has 7 nitrogen and oxygen atoms in total. The minimum Gasteiger partial charge on any atom is -0.381 e. The van der Waals surface area contributed by atoms with E-state index in [0.717, 1.165) is 28.3 Å². The maximum absolute atomic E-state index is 5.14. The largest absolute Gasteiger partial charge is 0.381 e. The zero-order chi connectivity index (χ0) is 13.9. The Morgan fingerprint density at radius 3 is 2.90 bits per heavy atom. The third-order valence-electron chi connectivity index (χ3n) is 3.12. The molecule has 0 aliphatic carbocycles. The van der Waals surface area contributed by atoms with Gasteiger partial charge in [0.25, 0.3) is 0 Å². The van der Waals surface area contributed by atoms with Crippen molar-refractivity contribution in [1.82, 2.24) is 25.8 Å². The third-order valence-corrected chi connectivity index (χ3v) is 3.12. The molecular weight excluding hydrogens is 256 g/mol. The number of nitrogens with zero attached hydrogens (tertiary/aromatic N) is 4. The second-order valence-electron chi connectivity index (χ2n) is 4.47. The van der Waals surface area contributed by atoms with Crippen molar-refractivity contribution in [3.63, 3.8) is 0 Å². The quantitative estimate of drug-likeness (QED) is 0.754. The number of hydrogen-bond acceptors (Lipinski definition) is 6. The lowest BCUT2D eigenvalue weighted by molar-refractivity contribution is 0.392. The van der Waals surface area contributed by atoms with Crippen LogP contribution in [0.25, 0.3) is 11.4 Å². The fraction of sp³-hybridized carbons (Fsp3) is 0.231. The smallest absolute Gasteiger partial charge is 0.204 e. The average molecular weight is 270 g/mol. The van der Waals surface area contributed by atoms with Crippen LogP contribution in [0, 0.1) is 13.8 Å². The number of hydrogen-bond donors (Lipinski definition) is 2. The Morgan fingerprint density at radius 1 is 1.30 bits per heavy atom. The predicted octanol–water partition coefficient (Wildman–Crippen LogP) is 2.08. The topological polar surface area (TPSA) is 92.5 Å². The monoisotopic (exact) mass is 270 g/mol. The second-order valence-corrected chi connectivity index (χ2v) is 4.47. The van der Waals surface area contributed by atoms with E-state index in [1.165, 1.54) is 0 Å². The molecule has 0 saturated carbocycles. The summed E-state index contributed by atoms with van der Waals surface area (Å²) in [6.07, 6.45) is 0. The molecule has 0 bridgehead atoms. The normalized spacial score (nSPS) is 10.7. The van der Waals surface area contributed by atoms with Gasteiger partial charge in [-0.15, -0.1) is 10.2 Å². The average Bonchev–Trinajstić information content (AvgIpc) is 3.09. The lowest BCUT2D eigenvalue weighted by atomic mass is 10.1. The summed E-state index contributed by atoms with van der Waals surface area (Å²) in [6.45, 7) is 4.51. The van der Waals surface area contributed by atoms with Crippen molar-refractivity contribution < 1.29 is 4.52 Å². The van der Waals surface area contributed by atoms with E-state index >= 15 is 0 Å². The Kier molecular flexibility index (Phi) is 3.16. The van der Waals surface area contributed by atoms with Crippen LogP contribution in [0.3, 0.4) is 0 Å². The van der Waals surface area contributed by atoms with E-state index in [2.05, 4.69) is 31.1 Å². The van der Waals surface area contributed by atoms with Gasteiger partial charge in [0.1, 0.15) is 5.76 Å². The van der Waals surface area contributed by atoms with Crippen molar-refractivity contribution in [3.05, 3.63) is 41.3 Å². The molecule has 3 rings (SSSR count). The van der Waals surface area contributed by atoms with Gasteiger partial charge in [-0.1, -0.05) is 17.3 Å². The molecule has 2 aromatic heterocycles. The summed E-state index contributed by atoms with van der Waals surface area (Å²) in [4.78, 5) is 0. The van der Waals surface area contributed by atoms with E-state index in [1.807, 2.05) is 38.1 Å². The molecule has 0 spiro atoms. The summed E-state index contributed by atoms with van der Waals surface area (Å²) in [6, 6.07) is 7.85. The summed E-state index contributed by atoms with van der Waals surface area (Å²) in [5.41, 5.74) is 3.87. The molecule has 0 fully saturated rings. The summed E-state index contributed by atoms with van der Waals surface area (Å²) >= 11 is 0. The molecule has 0 saturated heterocycles. The first kappa shape index (κ1) is 12.3. The molecule has 0 aliphatic heterocycles. The molecular formula is C13H14N6O. The minimum atomic E-state index is 0.575. The van der Waals surface area contributed by atoms with Gasteiger partial charge < -0.3 is 9.84 Å². The molecule has 0 atom stereocenters. The van der Waals surface area contributed by atoms with Crippen LogP contribution in [0.15, 0.2) is 28.8 Å². The third kappa shape index (κ3) is 2.37. The van der Waals surface area contributed by atoms with Crippen LogP contribution in [0.1, 0.15) is 17.0 Å². The zero-order valence-corrected chi connectivity index (χ0v) is 11.2. The number of benzene rings is 1. The van der Waals surface area contributed by atoms with Gasteiger partial charge in [0, 0.05) is 23.4 Å². The number of aromatic amines is 1. The van der Waals surface area contributed by atoms with Gasteiger partial charge in [0.2, 0.25) is 5.82 Å². The van der Waals surface area contributed by atoms with E-state index in [1.54, 1.807) is 0 Å². The number of nitrogens with one attached hydrogen (secondary N) is 2. The number of tetrazole rings is 1. The van der Waals surface area contributed by atoms with Crippen LogP contribution in [-0.4, -0.2) is 25.8 Å². The van der Waals surface area contributed by atoms with Gasteiger partial charge in [-0.2, -0.15) is 5.21 Å². The van der Waals surface area contributed by atoms with Gasteiger partial charge in [0.15, 0.2) is 0 Å². The van der Waals surface area contributed by atoms with Crippen molar-refractivity contribution in [2.24, 2.45) is 0 Å². The van der Waals surface area contributed by atoms with E-state index in [0.29, 0.717) is 12.4 Å². The van der Waals surface area contributed by atoms with Crippen LogP contribution in [0.4, 0.5) is 5.69 Å². The molecule has 102 valence electrons. The zero-order valence-electron chi connectivity index (χ0n) is 11.2. The maximum atomic E-state index is 5.14. The van der Waals surface area contributed by atoms with Crippen LogP contribution in [0.2, 0.25) is 0 Å². The highest BCUT2D eigenvalue weighted by molar-refractivity contribution is 5.61. The minimum absolute atomic E-state index is 0.575. The van der Waals surface area contributed by atoms with Gasteiger partial charge >= 0.3 is 0 Å². The highest BCUT2D eigenvalue weighted by Crippen LogP contribution is 2.20. The number of aryl methyl sites for hydroxylation is 2. The van der Waals surface area contributed by atoms with Crippen LogP contribution >= 0.6 is 0 Å². The Hall–Kier alpha value is -2.70. The van der Waals surface area contributed by atoms with Crippen molar-refractivity contribution in [3.8, 4) is 11.4 Å². The highest BCUT2D eigenvalue weighted by Gasteiger charge is 2.09. The number of H-pyrrole nitrogens is 1. The highest BCUT2D eigenvalue weighted by atomic mass is 16.5. The number of rotatable bonds is 4. The fourth-order valence-electron chi connectivity index (χ4n) is 2.00. The molecule has 0 unspecified atom stereocenters. The first-order valence-corrected chi connectivity index (χ1v) is 6.23. The van der Waals surface area contributed by atoms with E-state index in [4.69, 9.17) is 4.52 Å². The molecule has 1 aromatic carbocycles. The van der Waals surface area contributed by atoms with Crippen molar-refractivity contribution in [1.29, 1.82) is 0 Å². The van der Waals surface area contributed by atoms with E-state index in [-0.39, 0.29) is 0 Å². The van der Waals surface area contributed by atoms with Crippen LogP contribution in [0.5, 0.6) is 0 Å². The first-order valence-electron chi connectivity index (χ1n) is 6.23. The number of anilines is 1. The summed E-state index contributed by atoms with van der Waals surface area (Å²) in [7, 11) is 0. The molecule has 3 aromatic rings. The molecule has 0 radical (unpaired) electrons. The first-order chi connectivity index (χ1) is 9.74. The standard InChI is InChI=1S/C13H14N6O/c1-8-12(9(2)20-17-8)7-14-11-5-3-4-10(6-11)13-15-18-19-16-13/h3-6,14H,7H2,1-2H3,(H,15,16,18,19). The summed E-state index contributed by atoms with van der Waals surface area (Å²) < 4.78 is 5.14. The molecule has 2 heterocycles. The van der Waals surface area contributed by atoms with Crippen LogP contribution in [-0.2, 0) is 6.54 Å². The van der Waals surface area contributed by atoms with Gasteiger partial charge in [0.05, 0.1) is 5.69 Å². The van der Waals surface area contributed by atoms with Gasteiger partial charge in [-0.3, -0.25) is 0 Å². The SMILES string of the molecule is Cc1noc(C)c1CNc1cccc(-c2nn[nH]n2)c1. The number of aromatic nitrogens is 5. The molecule has 0 aliphatic rings.